The van der Waals surface area contributed by atoms with Gasteiger partial charge in [0.25, 0.3) is 0 Å². The molecule has 0 radical (unpaired) electrons. The van der Waals surface area contributed by atoms with E-state index in [0.717, 1.165) is 12.1 Å². The Morgan fingerprint density at radius 1 is 1.00 bits per heavy atom. The summed E-state index contributed by atoms with van der Waals surface area (Å²) < 4.78 is 44.2. The van der Waals surface area contributed by atoms with Gasteiger partial charge in [0, 0.05) is 0 Å². The fourth-order valence-electron chi connectivity index (χ4n) is 3.34. The molecule has 0 aromatic heterocycles. The van der Waals surface area contributed by atoms with E-state index in [2.05, 4.69) is 5.32 Å². The first-order valence-electron chi connectivity index (χ1n) is 8.66. The summed E-state index contributed by atoms with van der Waals surface area (Å²) in [6, 6.07) is 10.6. The minimum atomic E-state index is -4.49. The first-order valence-corrected chi connectivity index (χ1v) is 8.66. The van der Waals surface area contributed by atoms with Crippen LogP contribution in [0.3, 0.4) is 0 Å². The average Bonchev–Trinajstić information content (AvgIpc) is 2.64. The summed E-state index contributed by atoms with van der Waals surface area (Å²) in [6.07, 6.45) is 2.00. The first-order chi connectivity index (χ1) is 12.5. The summed E-state index contributed by atoms with van der Waals surface area (Å²) in [5.41, 5.74) is 0.392. The lowest BCUT2D eigenvalue weighted by Crippen LogP contribution is -2.07. The molecular formula is C20H20F3NO2. The molecule has 1 aliphatic carbocycles. The molecule has 0 atom stereocenters. The molecule has 1 saturated carbocycles. The Bertz CT molecular complexity index is 751. The molecule has 1 amide bonds. The van der Waals surface area contributed by atoms with Gasteiger partial charge in [0.05, 0.1) is 11.3 Å². The number of rotatable bonds is 5. The lowest BCUT2D eigenvalue weighted by atomic mass is 9.84. The van der Waals surface area contributed by atoms with E-state index in [1.807, 2.05) is 24.3 Å². The molecule has 3 rings (SSSR count). The monoisotopic (exact) mass is 363 g/mol. The Morgan fingerprint density at radius 2 is 1.69 bits per heavy atom. The van der Waals surface area contributed by atoms with E-state index in [9.17, 15) is 18.0 Å². The molecule has 2 aromatic carbocycles. The van der Waals surface area contributed by atoms with Crippen molar-refractivity contribution in [3.05, 3.63) is 53.6 Å². The SMILES string of the molecule is O=CNc1cc(C(F)(F)F)ccc1Oc1ccc(C2CCCCC2)cc1. The number of alkyl halides is 3. The maximum Gasteiger partial charge on any atom is 0.416 e. The molecule has 1 aliphatic rings. The highest BCUT2D eigenvalue weighted by atomic mass is 19.4. The Labute approximate surface area is 150 Å². The molecule has 0 unspecified atom stereocenters. The van der Waals surface area contributed by atoms with Crippen molar-refractivity contribution in [3.63, 3.8) is 0 Å². The van der Waals surface area contributed by atoms with Crippen LogP contribution in [0, 0.1) is 0 Å². The summed E-state index contributed by atoms with van der Waals surface area (Å²) in [5, 5.41) is 2.27. The summed E-state index contributed by atoms with van der Waals surface area (Å²) in [5.74, 6) is 1.24. The van der Waals surface area contributed by atoms with Crippen molar-refractivity contribution in [2.24, 2.45) is 0 Å². The van der Waals surface area contributed by atoms with Crippen LogP contribution >= 0.6 is 0 Å². The van der Waals surface area contributed by atoms with Crippen LogP contribution in [0.4, 0.5) is 18.9 Å². The smallest absolute Gasteiger partial charge is 0.416 e. The first kappa shape index (κ1) is 18.3. The number of carbonyl (C=O) groups excluding carboxylic acids is 1. The van der Waals surface area contributed by atoms with Gasteiger partial charge in [0.2, 0.25) is 6.41 Å². The van der Waals surface area contributed by atoms with Gasteiger partial charge in [-0.1, -0.05) is 31.4 Å². The highest BCUT2D eigenvalue weighted by molar-refractivity contribution is 5.76. The van der Waals surface area contributed by atoms with Crippen molar-refractivity contribution >= 4 is 12.1 Å². The lowest BCUT2D eigenvalue weighted by Gasteiger charge is -2.22. The van der Waals surface area contributed by atoms with Gasteiger partial charge in [0.15, 0.2) is 5.75 Å². The standard InChI is InChI=1S/C20H20F3NO2/c21-20(22,23)16-8-11-19(18(12-16)24-13-25)26-17-9-6-15(7-10-17)14-4-2-1-3-5-14/h6-14H,1-5H2,(H,24,25). The van der Waals surface area contributed by atoms with E-state index < -0.39 is 11.7 Å². The molecule has 1 N–H and O–H groups in total. The van der Waals surface area contributed by atoms with Gasteiger partial charge in [-0.15, -0.1) is 0 Å². The number of hydrogen-bond donors (Lipinski definition) is 1. The van der Waals surface area contributed by atoms with Gasteiger partial charge in [-0.3, -0.25) is 4.79 Å². The van der Waals surface area contributed by atoms with Crippen LogP contribution in [0.15, 0.2) is 42.5 Å². The lowest BCUT2D eigenvalue weighted by molar-refractivity contribution is -0.137. The number of anilines is 1. The number of amides is 1. The van der Waals surface area contributed by atoms with E-state index in [4.69, 9.17) is 4.74 Å². The third-order valence-electron chi connectivity index (χ3n) is 4.71. The van der Waals surface area contributed by atoms with Crippen molar-refractivity contribution in [2.45, 2.75) is 44.2 Å². The van der Waals surface area contributed by atoms with Crippen LogP contribution in [-0.4, -0.2) is 6.41 Å². The normalized spacial score (nSPS) is 15.5. The van der Waals surface area contributed by atoms with Gasteiger partial charge in [0.1, 0.15) is 5.75 Å². The number of ether oxygens (including phenoxy) is 1. The molecular weight excluding hydrogens is 343 g/mol. The Hall–Kier alpha value is -2.50. The summed E-state index contributed by atoms with van der Waals surface area (Å²) in [6.45, 7) is 0. The Kier molecular flexibility index (Phi) is 5.49. The molecule has 6 heteroatoms. The van der Waals surface area contributed by atoms with Crippen molar-refractivity contribution in [2.75, 3.05) is 5.32 Å². The quantitative estimate of drug-likeness (QED) is 0.651. The maximum atomic E-state index is 12.8. The number of nitrogens with one attached hydrogen (secondary N) is 1. The molecule has 0 bridgehead atoms. The molecule has 0 spiro atoms. The van der Waals surface area contributed by atoms with E-state index >= 15 is 0 Å². The van der Waals surface area contributed by atoms with E-state index in [1.165, 1.54) is 43.7 Å². The highest BCUT2D eigenvalue weighted by Crippen LogP contribution is 2.37. The minimum Gasteiger partial charge on any atom is -0.455 e. The largest absolute Gasteiger partial charge is 0.455 e. The van der Waals surface area contributed by atoms with Gasteiger partial charge in [-0.05, 0) is 54.7 Å². The van der Waals surface area contributed by atoms with Crippen LogP contribution in [0.2, 0.25) is 0 Å². The topological polar surface area (TPSA) is 38.3 Å². The zero-order chi connectivity index (χ0) is 18.6. The van der Waals surface area contributed by atoms with Gasteiger partial charge in [-0.25, -0.2) is 0 Å². The van der Waals surface area contributed by atoms with Crippen molar-refractivity contribution in [1.82, 2.24) is 0 Å². The Balaban J connectivity index is 1.78. The average molecular weight is 363 g/mol. The van der Waals surface area contributed by atoms with E-state index in [1.54, 1.807) is 0 Å². The molecule has 0 saturated heterocycles. The van der Waals surface area contributed by atoms with Crippen molar-refractivity contribution in [1.29, 1.82) is 0 Å². The molecule has 0 heterocycles. The zero-order valence-electron chi connectivity index (χ0n) is 14.2. The number of halogens is 3. The molecule has 1 fully saturated rings. The zero-order valence-corrected chi connectivity index (χ0v) is 14.2. The number of hydrogen-bond acceptors (Lipinski definition) is 2. The molecule has 2 aromatic rings. The third-order valence-corrected chi connectivity index (χ3v) is 4.71. The summed E-state index contributed by atoms with van der Waals surface area (Å²) >= 11 is 0. The second-order valence-electron chi connectivity index (χ2n) is 6.48. The summed E-state index contributed by atoms with van der Waals surface area (Å²) in [7, 11) is 0. The highest BCUT2D eigenvalue weighted by Gasteiger charge is 2.31. The maximum absolute atomic E-state index is 12.8. The van der Waals surface area contributed by atoms with Crippen LogP contribution in [-0.2, 0) is 11.0 Å². The number of benzene rings is 2. The fourth-order valence-corrected chi connectivity index (χ4v) is 3.34. The fraction of sp³-hybridized carbons (Fsp3) is 0.350. The second kappa shape index (κ2) is 7.81. The predicted octanol–water partition coefficient (Wildman–Crippen LogP) is 6.11. The molecule has 0 aliphatic heterocycles. The van der Waals surface area contributed by atoms with Crippen molar-refractivity contribution in [3.8, 4) is 11.5 Å². The van der Waals surface area contributed by atoms with E-state index in [0.29, 0.717) is 18.1 Å². The van der Waals surface area contributed by atoms with Gasteiger partial charge in [-0.2, -0.15) is 13.2 Å². The molecule has 138 valence electrons. The molecule has 3 nitrogen and oxygen atoms in total. The second-order valence-corrected chi connectivity index (χ2v) is 6.48. The van der Waals surface area contributed by atoms with Crippen LogP contribution in [0.25, 0.3) is 0 Å². The van der Waals surface area contributed by atoms with Gasteiger partial charge >= 0.3 is 6.18 Å². The minimum absolute atomic E-state index is 0.0221. The number of carbonyl (C=O) groups is 1. The Morgan fingerprint density at radius 3 is 2.31 bits per heavy atom. The van der Waals surface area contributed by atoms with Crippen molar-refractivity contribution < 1.29 is 22.7 Å². The summed E-state index contributed by atoms with van der Waals surface area (Å²) in [4.78, 5) is 10.7. The van der Waals surface area contributed by atoms with Crippen LogP contribution in [0.5, 0.6) is 11.5 Å². The third kappa shape index (κ3) is 4.36. The van der Waals surface area contributed by atoms with Gasteiger partial charge < -0.3 is 10.1 Å². The van der Waals surface area contributed by atoms with Crippen LogP contribution in [0.1, 0.15) is 49.1 Å². The van der Waals surface area contributed by atoms with Crippen LogP contribution < -0.4 is 10.1 Å². The molecule has 26 heavy (non-hydrogen) atoms. The van der Waals surface area contributed by atoms with E-state index in [-0.39, 0.29) is 11.4 Å². The predicted molar refractivity (Wildman–Crippen MR) is 93.5 cm³/mol.